The quantitative estimate of drug-likeness (QED) is 0.749. The molecule has 1 saturated heterocycles. The Morgan fingerprint density at radius 2 is 2.00 bits per heavy atom. The second-order valence-electron chi connectivity index (χ2n) is 5.93. The summed E-state index contributed by atoms with van der Waals surface area (Å²) >= 11 is 0. The third kappa shape index (κ3) is 2.76. The molecule has 1 amide bonds. The molecule has 1 atom stereocenters. The highest BCUT2D eigenvalue weighted by atomic mass is 16.2. The van der Waals surface area contributed by atoms with Gasteiger partial charge in [0.15, 0.2) is 0 Å². The van der Waals surface area contributed by atoms with Crippen molar-refractivity contribution in [2.75, 3.05) is 13.1 Å². The lowest BCUT2D eigenvalue weighted by atomic mass is 9.82. The van der Waals surface area contributed by atoms with Crippen molar-refractivity contribution in [3.05, 3.63) is 0 Å². The van der Waals surface area contributed by atoms with E-state index in [1.165, 1.54) is 12.8 Å². The van der Waals surface area contributed by atoms with Gasteiger partial charge < -0.3 is 10.6 Å². The largest absolute Gasteiger partial charge is 0.349 e. The molecule has 0 spiro atoms. The third-order valence-corrected chi connectivity index (χ3v) is 4.18. The fraction of sp³-hybridized carbons (Fsp3) is 0.923. The lowest BCUT2D eigenvalue weighted by Gasteiger charge is -2.30. The Hall–Kier alpha value is -0.570. The van der Waals surface area contributed by atoms with Gasteiger partial charge >= 0.3 is 0 Å². The van der Waals surface area contributed by atoms with Gasteiger partial charge in [-0.2, -0.15) is 0 Å². The summed E-state index contributed by atoms with van der Waals surface area (Å²) in [4.78, 5) is 12.1. The third-order valence-electron chi connectivity index (χ3n) is 4.18. The summed E-state index contributed by atoms with van der Waals surface area (Å²) in [5.41, 5.74) is 0.000145. The van der Waals surface area contributed by atoms with E-state index in [2.05, 4.69) is 24.5 Å². The topological polar surface area (TPSA) is 41.1 Å². The Kier molecular flexibility index (Phi) is 3.53. The average Bonchev–Trinajstić information content (AvgIpc) is 2.65. The molecule has 1 saturated carbocycles. The molecule has 0 aromatic carbocycles. The van der Waals surface area contributed by atoms with Gasteiger partial charge in [-0.15, -0.1) is 0 Å². The maximum Gasteiger partial charge on any atom is 0.223 e. The molecule has 1 aliphatic heterocycles. The molecule has 2 aliphatic rings. The van der Waals surface area contributed by atoms with Gasteiger partial charge in [0.2, 0.25) is 5.91 Å². The zero-order chi connectivity index (χ0) is 11.6. The highest BCUT2D eigenvalue weighted by Gasteiger charge is 2.33. The molecule has 92 valence electrons. The molecule has 0 aromatic heterocycles. The first kappa shape index (κ1) is 11.9. The molecule has 1 aliphatic carbocycles. The predicted octanol–water partition coefficient (Wildman–Crippen LogP) is 1.68. The molecule has 0 radical (unpaired) electrons. The minimum Gasteiger partial charge on any atom is -0.349 e. The molecule has 3 nitrogen and oxygen atoms in total. The summed E-state index contributed by atoms with van der Waals surface area (Å²) in [6.45, 7) is 6.38. The van der Waals surface area contributed by atoms with Crippen molar-refractivity contribution in [3.63, 3.8) is 0 Å². The molecule has 3 heteroatoms. The maximum atomic E-state index is 12.1. The summed E-state index contributed by atoms with van der Waals surface area (Å²) in [7, 11) is 0. The van der Waals surface area contributed by atoms with Gasteiger partial charge in [0, 0.05) is 12.5 Å². The predicted molar refractivity (Wildman–Crippen MR) is 65.2 cm³/mol. The number of nitrogens with one attached hydrogen (secondary N) is 2. The lowest BCUT2D eigenvalue weighted by molar-refractivity contribution is -0.127. The number of hydrogen-bond donors (Lipinski definition) is 2. The van der Waals surface area contributed by atoms with Crippen LogP contribution < -0.4 is 10.6 Å². The van der Waals surface area contributed by atoms with Gasteiger partial charge in [-0.1, -0.05) is 6.92 Å². The van der Waals surface area contributed by atoms with Crippen molar-refractivity contribution in [2.45, 2.75) is 51.5 Å². The second kappa shape index (κ2) is 4.74. The average molecular weight is 224 g/mol. The Bertz CT molecular complexity index is 251. The van der Waals surface area contributed by atoms with Crippen LogP contribution in [0.15, 0.2) is 0 Å². The van der Waals surface area contributed by atoms with E-state index in [9.17, 15) is 4.79 Å². The molecule has 0 aromatic rings. The van der Waals surface area contributed by atoms with Gasteiger partial charge in [-0.05, 0) is 51.5 Å². The molecule has 1 unspecified atom stereocenters. The zero-order valence-electron chi connectivity index (χ0n) is 10.5. The van der Waals surface area contributed by atoms with Crippen LogP contribution in [-0.4, -0.2) is 24.5 Å². The smallest absolute Gasteiger partial charge is 0.223 e. The second-order valence-corrected chi connectivity index (χ2v) is 5.93. The molecule has 16 heavy (non-hydrogen) atoms. The minimum absolute atomic E-state index is 0.000145. The van der Waals surface area contributed by atoms with Crippen LogP contribution in [0.1, 0.15) is 46.0 Å². The van der Waals surface area contributed by atoms with Gasteiger partial charge in [0.05, 0.1) is 5.54 Å². The number of rotatable bonds is 2. The van der Waals surface area contributed by atoms with E-state index in [-0.39, 0.29) is 17.4 Å². The van der Waals surface area contributed by atoms with E-state index in [4.69, 9.17) is 0 Å². The summed E-state index contributed by atoms with van der Waals surface area (Å²) in [6.07, 6.45) is 5.65. The zero-order valence-corrected chi connectivity index (χ0v) is 10.5. The van der Waals surface area contributed by atoms with Crippen LogP contribution in [0.3, 0.4) is 0 Å². The van der Waals surface area contributed by atoms with Crippen molar-refractivity contribution < 1.29 is 4.79 Å². The highest BCUT2D eigenvalue weighted by Crippen LogP contribution is 2.29. The highest BCUT2D eigenvalue weighted by molar-refractivity contribution is 5.79. The van der Waals surface area contributed by atoms with E-state index in [0.717, 1.165) is 38.3 Å². The normalized spacial score (nSPS) is 39.6. The Labute approximate surface area is 98.4 Å². The first-order valence-electron chi connectivity index (χ1n) is 6.62. The van der Waals surface area contributed by atoms with Crippen molar-refractivity contribution >= 4 is 5.91 Å². The Balaban J connectivity index is 1.83. The molecule has 2 rings (SSSR count). The summed E-state index contributed by atoms with van der Waals surface area (Å²) in [5, 5.41) is 6.55. The van der Waals surface area contributed by atoms with Crippen molar-refractivity contribution in [3.8, 4) is 0 Å². The maximum absolute atomic E-state index is 12.1. The van der Waals surface area contributed by atoms with E-state index in [1.54, 1.807) is 0 Å². The molecule has 0 bridgehead atoms. The van der Waals surface area contributed by atoms with Crippen molar-refractivity contribution in [1.82, 2.24) is 10.6 Å². The minimum atomic E-state index is 0.000145. The molecule has 2 N–H and O–H groups in total. The molecular formula is C13H24N2O. The molecule has 2 fully saturated rings. The van der Waals surface area contributed by atoms with Crippen LogP contribution in [0, 0.1) is 11.8 Å². The van der Waals surface area contributed by atoms with Gasteiger partial charge in [-0.25, -0.2) is 0 Å². The van der Waals surface area contributed by atoms with E-state index < -0.39 is 0 Å². The SMILES string of the molecule is CC1CCC(C(=O)NC2(C)CCNC2)CC1. The van der Waals surface area contributed by atoms with Crippen LogP contribution in [-0.2, 0) is 4.79 Å². The van der Waals surface area contributed by atoms with Crippen LogP contribution in [0.5, 0.6) is 0 Å². The first-order chi connectivity index (χ1) is 7.59. The van der Waals surface area contributed by atoms with E-state index in [1.807, 2.05) is 0 Å². The summed E-state index contributed by atoms with van der Waals surface area (Å²) in [6, 6.07) is 0. The first-order valence-corrected chi connectivity index (χ1v) is 6.62. The van der Waals surface area contributed by atoms with Gasteiger partial charge in [-0.3, -0.25) is 4.79 Å². The van der Waals surface area contributed by atoms with Gasteiger partial charge in [0.1, 0.15) is 0 Å². The molecular weight excluding hydrogens is 200 g/mol. The number of carbonyl (C=O) groups is 1. The van der Waals surface area contributed by atoms with Gasteiger partial charge in [0.25, 0.3) is 0 Å². The fourth-order valence-electron chi connectivity index (χ4n) is 2.85. The number of carbonyl (C=O) groups excluding carboxylic acids is 1. The lowest BCUT2D eigenvalue weighted by Crippen LogP contribution is -2.50. The fourth-order valence-corrected chi connectivity index (χ4v) is 2.85. The van der Waals surface area contributed by atoms with Crippen LogP contribution in [0.25, 0.3) is 0 Å². The number of amides is 1. The van der Waals surface area contributed by atoms with Crippen LogP contribution >= 0.6 is 0 Å². The van der Waals surface area contributed by atoms with Crippen LogP contribution in [0.2, 0.25) is 0 Å². The summed E-state index contributed by atoms with van der Waals surface area (Å²) in [5.74, 6) is 1.37. The Morgan fingerprint density at radius 1 is 1.31 bits per heavy atom. The summed E-state index contributed by atoms with van der Waals surface area (Å²) < 4.78 is 0. The monoisotopic (exact) mass is 224 g/mol. The van der Waals surface area contributed by atoms with E-state index in [0.29, 0.717) is 0 Å². The standard InChI is InChI=1S/C13H24N2O/c1-10-3-5-11(6-4-10)12(16)15-13(2)7-8-14-9-13/h10-11,14H,3-9H2,1-2H3,(H,15,16). The molecule has 1 heterocycles. The van der Waals surface area contributed by atoms with Crippen molar-refractivity contribution in [1.29, 1.82) is 0 Å². The Morgan fingerprint density at radius 3 is 2.56 bits per heavy atom. The number of hydrogen-bond acceptors (Lipinski definition) is 2. The van der Waals surface area contributed by atoms with Crippen molar-refractivity contribution in [2.24, 2.45) is 11.8 Å². The van der Waals surface area contributed by atoms with E-state index >= 15 is 0 Å². The van der Waals surface area contributed by atoms with Crippen LogP contribution in [0.4, 0.5) is 0 Å².